The first kappa shape index (κ1) is 13.8. The minimum Gasteiger partial charge on any atom is -0.453 e. The van der Waals surface area contributed by atoms with Gasteiger partial charge < -0.3 is 14.1 Å². The minimum absolute atomic E-state index is 0.0759. The van der Waals surface area contributed by atoms with Crippen molar-refractivity contribution in [1.82, 2.24) is 4.90 Å². The summed E-state index contributed by atoms with van der Waals surface area (Å²) in [6.45, 7) is 5.42. The molecular formula is C13H21NO3. The zero-order valence-electron chi connectivity index (χ0n) is 11.0. The summed E-state index contributed by atoms with van der Waals surface area (Å²) in [7, 11) is 3.39. The van der Waals surface area contributed by atoms with Gasteiger partial charge in [-0.1, -0.05) is 13.8 Å². The molecule has 0 saturated carbocycles. The van der Waals surface area contributed by atoms with E-state index < -0.39 is 0 Å². The molecule has 0 fully saturated rings. The highest BCUT2D eigenvalue weighted by Gasteiger charge is 2.15. The molecule has 0 spiro atoms. The summed E-state index contributed by atoms with van der Waals surface area (Å²) < 4.78 is 10.3. The van der Waals surface area contributed by atoms with Crippen LogP contribution in [0.2, 0.25) is 0 Å². The van der Waals surface area contributed by atoms with E-state index in [0.29, 0.717) is 24.0 Å². The molecule has 96 valence electrons. The molecular weight excluding hydrogens is 218 g/mol. The van der Waals surface area contributed by atoms with Crippen LogP contribution in [-0.4, -0.2) is 31.5 Å². The first-order valence-corrected chi connectivity index (χ1v) is 5.87. The number of ether oxygens (including phenoxy) is 1. The smallest absolute Gasteiger partial charge is 0.289 e. The summed E-state index contributed by atoms with van der Waals surface area (Å²) in [5, 5.41) is 0. The second-order valence-electron chi connectivity index (χ2n) is 4.61. The van der Waals surface area contributed by atoms with Gasteiger partial charge in [0.25, 0.3) is 5.91 Å². The van der Waals surface area contributed by atoms with Crippen molar-refractivity contribution in [1.29, 1.82) is 0 Å². The quantitative estimate of drug-likeness (QED) is 0.766. The van der Waals surface area contributed by atoms with E-state index in [1.807, 2.05) is 0 Å². The molecule has 0 saturated heterocycles. The summed E-state index contributed by atoms with van der Waals surface area (Å²) in [6.07, 6.45) is 0.994. The molecule has 1 rings (SSSR count). The molecule has 0 radical (unpaired) electrons. The van der Waals surface area contributed by atoms with Gasteiger partial charge in [-0.05, 0) is 24.5 Å². The van der Waals surface area contributed by atoms with Crippen LogP contribution in [0.15, 0.2) is 16.5 Å². The van der Waals surface area contributed by atoms with Gasteiger partial charge in [-0.2, -0.15) is 0 Å². The van der Waals surface area contributed by atoms with Crippen molar-refractivity contribution in [3.8, 4) is 0 Å². The normalized spacial score (nSPS) is 10.9. The van der Waals surface area contributed by atoms with Gasteiger partial charge in [-0.25, -0.2) is 0 Å². The van der Waals surface area contributed by atoms with Crippen molar-refractivity contribution >= 4 is 5.91 Å². The molecule has 0 bridgehead atoms. The lowest BCUT2D eigenvalue weighted by Crippen LogP contribution is -2.28. The van der Waals surface area contributed by atoms with E-state index in [-0.39, 0.29) is 5.91 Å². The number of carbonyl (C=O) groups is 1. The van der Waals surface area contributed by atoms with E-state index in [4.69, 9.17) is 9.15 Å². The lowest BCUT2D eigenvalue weighted by molar-refractivity contribution is 0.0749. The van der Waals surface area contributed by atoms with Crippen LogP contribution in [0.25, 0.3) is 0 Å². The van der Waals surface area contributed by atoms with Crippen molar-refractivity contribution in [3.05, 3.63) is 23.7 Å². The molecule has 1 aromatic heterocycles. The van der Waals surface area contributed by atoms with E-state index in [1.54, 1.807) is 31.2 Å². The highest BCUT2D eigenvalue weighted by atomic mass is 16.5. The molecule has 4 nitrogen and oxygen atoms in total. The van der Waals surface area contributed by atoms with E-state index in [1.165, 1.54) is 0 Å². The maximum atomic E-state index is 12.0. The predicted molar refractivity (Wildman–Crippen MR) is 65.8 cm³/mol. The number of rotatable bonds is 6. The zero-order chi connectivity index (χ0) is 12.8. The number of furan rings is 1. The molecule has 0 unspecified atom stereocenters. The Morgan fingerprint density at radius 3 is 2.76 bits per heavy atom. The Bertz CT molecular complexity index is 357. The van der Waals surface area contributed by atoms with Gasteiger partial charge in [0.1, 0.15) is 12.4 Å². The minimum atomic E-state index is -0.0759. The number of nitrogens with zero attached hydrogens (tertiary/aromatic N) is 1. The van der Waals surface area contributed by atoms with Crippen LogP contribution in [0.3, 0.4) is 0 Å². The first-order valence-electron chi connectivity index (χ1n) is 5.87. The van der Waals surface area contributed by atoms with Gasteiger partial charge in [0.15, 0.2) is 5.76 Å². The van der Waals surface area contributed by atoms with Gasteiger partial charge in [0, 0.05) is 20.7 Å². The molecule has 17 heavy (non-hydrogen) atoms. The molecule has 4 heteroatoms. The lowest BCUT2D eigenvalue weighted by atomic mass is 10.1. The van der Waals surface area contributed by atoms with Gasteiger partial charge in [-0.15, -0.1) is 0 Å². The summed E-state index contributed by atoms with van der Waals surface area (Å²) in [4.78, 5) is 13.7. The fraction of sp³-hybridized carbons (Fsp3) is 0.615. The van der Waals surface area contributed by atoms with Crippen molar-refractivity contribution in [2.24, 2.45) is 5.92 Å². The highest BCUT2D eigenvalue weighted by Crippen LogP contribution is 2.12. The lowest BCUT2D eigenvalue weighted by Gasteiger charge is -2.16. The van der Waals surface area contributed by atoms with Crippen LogP contribution in [0.5, 0.6) is 0 Å². The Labute approximate surface area is 103 Å². The number of methoxy groups -OCH3 is 1. The Morgan fingerprint density at radius 2 is 2.18 bits per heavy atom. The molecule has 1 aromatic rings. The molecule has 1 heterocycles. The fourth-order valence-electron chi connectivity index (χ4n) is 1.45. The van der Waals surface area contributed by atoms with Crippen LogP contribution < -0.4 is 0 Å². The van der Waals surface area contributed by atoms with Crippen molar-refractivity contribution < 1.29 is 13.9 Å². The first-order chi connectivity index (χ1) is 8.04. The Kier molecular flexibility index (Phi) is 5.22. The number of amides is 1. The van der Waals surface area contributed by atoms with Gasteiger partial charge in [0.2, 0.25) is 0 Å². The van der Waals surface area contributed by atoms with E-state index in [9.17, 15) is 4.79 Å². The maximum Gasteiger partial charge on any atom is 0.289 e. The number of hydrogen-bond donors (Lipinski definition) is 0. The molecule has 0 N–H and O–H groups in total. The summed E-state index contributed by atoms with van der Waals surface area (Å²) >= 11 is 0. The van der Waals surface area contributed by atoms with Crippen molar-refractivity contribution in [2.75, 3.05) is 20.7 Å². The largest absolute Gasteiger partial charge is 0.453 e. The third-order valence-electron chi connectivity index (χ3n) is 2.55. The predicted octanol–water partition coefficient (Wildman–Crippen LogP) is 2.54. The highest BCUT2D eigenvalue weighted by molar-refractivity contribution is 5.91. The van der Waals surface area contributed by atoms with Crippen molar-refractivity contribution in [3.63, 3.8) is 0 Å². The molecule has 1 amide bonds. The van der Waals surface area contributed by atoms with Crippen LogP contribution >= 0.6 is 0 Å². The van der Waals surface area contributed by atoms with E-state index in [2.05, 4.69) is 13.8 Å². The molecule has 0 aromatic carbocycles. The average molecular weight is 239 g/mol. The summed E-state index contributed by atoms with van der Waals surface area (Å²) in [6, 6.07) is 3.47. The van der Waals surface area contributed by atoms with Gasteiger partial charge in [-0.3, -0.25) is 4.79 Å². The van der Waals surface area contributed by atoms with E-state index >= 15 is 0 Å². The summed E-state index contributed by atoms with van der Waals surface area (Å²) in [5.41, 5.74) is 0. The van der Waals surface area contributed by atoms with Crippen LogP contribution in [0.4, 0.5) is 0 Å². The van der Waals surface area contributed by atoms with Gasteiger partial charge >= 0.3 is 0 Å². The fourth-order valence-corrected chi connectivity index (χ4v) is 1.45. The second kappa shape index (κ2) is 6.45. The Hall–Kier alpha value is -1.29. The molecule has 0 aliphatic rings. The molecule has 0 atom stereocenters. The van der Waals surface area contributed by atoms with Gasteiger partial charge in [0.05, 0.1) is 0 Å². The third kappa shape index (κ3) is 4.23. The van der Waals surface area contributed by atoms with Crippen LogP contribution in [0, 0.1) is 5.92 Å². The number of hydrogen-bond acceptors (Lipinski definition) is 3. The maximum absolute atomic E-state index is 12.0. The molecule has 0 aliphatic heterocycles. The van der Waals surface area contributed by atoms with Crippen molar-refractivity contribution in [2.45, 2.75) is 26.9 Å². The Balaban J connectivity index is 2.55. The van der Waals surface area contributed by atoms with Crippen LogP contribution in [-0.2, 0) is 11.3 Å². The topological polar surface area (TPSA) is 42.7 Å². The second-order valence-corrected chi connectivity index (χ2v) is 4.61. The molecule has 0 aliphatic carbocycles. The monoisotopic (exact) mass is 239 g/mol. The Morgan fingerprint density at radius 1 is 1.47 bits per heavy atom. The standard InChI is InChI=1S/C13H21NO3/c1-10(2)7-8-14(3)13(15)12-6-5-11(17-12)9-16-4/h5-6,10H,7-9H2,1-4H3. The average Bonchev–Trinajstić information content (AvgIpc) is 2.74. The number of carbonyl (C=O) groups excluding carboxylic acids is 1. The zero-order valence-corrected chi connectivity index (χ0v) is 11.0. The van der Waals surface area contributed by atoms with E-state index in [0.717, 1.165) is 13.0 Å². The summed E-state index contributed by atoms with van der Waals surface area (Å²) in [5.74, 6) is 1.57. The van der Waals surface area contributed by atoms with Crippen LogP contribution in [0.1, 0.15) is 36.6 Å². The third-order valence-corrected chi connectivity index (χ3v) is 2.55. The SMILES string of the molecule is COCc1ccc(C(=O)N(C)CCC(C)C)o1.